The van der Waals surface area contributed by atoms with E-state index in [0.717, 1.165) is 25.1 Å². The van der Waals surface area contributed by atoms with Crippen molar-refractivity contribution >= 4 is 5.91 Å². The van der Waals surface area contributed by atoms with Crippen LogP contribution in [0.4, 0.5) is 0 Å². The lowest BCUT2D eigenvalue weighted by molar-refractivity contribution is 0.0592. The number of benzene rings is 1. The Labute approximate surface area is 139 Å². The summed E-state index contributed by atoms with van der Waals surface area (Å²) in [6.07, 6.45) is 9.84. The first kappa shape index (κ1) is 15.2. The topological polar surface area (TPSA) is 32.3 Å². The Bertz CT molecular complexity index is 539. The van der Waals surface area contributed by atoms with E-state index in [4.69, 9.17) is 0 Å². The molecule has 1 aliphatic heterocycles. The van der Waals surface area contributed by atoms with Crippen LogP contribution in [0.25, 0.3) is 0 Å². The molecule has 0 unspecified atom stereocenters. The van der Waals surface area contributed by atoms with Crippen molar-refractivity contribution in [2.75, 3.05) is 13.1 Å². The van der Waals surface area contributed by atoms with Gasteiger partial charge in [-0.25, -0.2) is 0 Å². The van der Waals surface area contributed by atoms with Crippen LogP contribution in [0.1, 0.15) is 73.2 Å². The van der Waals surface area contributed by atoms with Gasteiger partial charge in [0.15, 0.2) is 0 Å². The molecule has 0 bridgehead atoms. The minimum absolute atomic E-state index is 0.299. The SMILES string of the molecule is O=C(c1ccccc1C1CCC1)N(C1CCCC1)[C@H]1CCNC1. The van der Waals surface area contributed by atoms with Crippen LogP contribution in [-0.4, -0.2) is 36.0 Å². The number of carbonyl (C=O) groups excluding carboxylic acids is 1. The van der Waals surface area contributed by atoms with Crippen molar-refractivity contribution in [1.29, 1.82) is 0 Å². The summed E-state index contributed by atoms with van der Waals surface area (Å²) in [6.45, 7) is 2.01. The second kappa shape index (κ2) is 6.64. The van der Waals surface area contributed by atoms with Crippen molar-refractivity contribution in [1.82, 2.24) is 10.2 Å². The first-order valence-corrected chi connectivity index (χ1v) is 9.47. The molecule has 3 nitrogen and oxygen atoms in total. The van der Waals surface area contributed by atoms with E-state index >= 15 is 0 Å². The summed E-state index contributed by atoms with van der Waals surface area (Å²) >= 11 is 0. The molecular formula is C20H28N2O. The van der Waals surface area contributed by atoms with Gasteiger partial charge >= 0.3 is 0 Å². The molecule has 0 spiro atoms. The molecule has 124 valence electrons. The van der Waals surface area contributed by atoms with Crippen molar-refractivity contribution < 1.29 is 4.79 Å². The smallest absolute Gasteiger partial charge is 0.254 e. The molecule has 1 atom stereocenters. The third-order valence-corrected chi connectivity index (χ3v) is 6.12. The number of nitrogens with one attached hydrogen (secondary N) is 1. The van der Waals surface area contributed by atoms with Gasteiger partial charge in [-0.15, -0.1) is 0 Å². The predicted molar refractivity (Wildman–Crippen MR) is 92.7 cm³/mol. The van der Waals surface area contributed by atoms with E-state index in [1.165, 1.54) is 50.5 Å². The highest BCUT2D eigenvalue weighted by Gasteiger charge is 2.36. The summed E-state index contributed by atoms with van der Waals surface area (Å²) in [4.78, 5) is 15.8. The lowest BCUT2D eigenvalue weighted by Crippen LogP contribution is -2.47. The van der Waals surface area contributed by atoms with Gasteiger partial charge in [0.1, 0.15) is 0 Å². The van der Waals surface area contributed by atoms with Crippen LogP contribution in [0.15, 0.2) is 24.3 Å². The van der Waals surface area contributed by atoms with Gasteiger partial charge in [-0.05, 0) is 56.2 Å². The van der Waals surface area contributed by atoms with Crippen LogP contribution in [0.2, 0.25) is 0 Å². The van der Waals surface area contributed by atoms with Crippen LogP contribution in [0, 0.1) is 0 Å². The summed E-state index contributed by atoms with van der Waals surface area (Å²) in [6, 6.07) is 9.25. The zero-order valence-corrected chi connectivity index (χ0v) is 14.0. The van der Waals surface area contributed by atoms with E-state index in [1.807, 2.05) is 6.07 Å². The van der Waals surface area contributed by atoms with Gasteiger partial charge in [0.05, 0.1) is 0 Å². The van der Waals surface area contributed by atoms with Crippen LogP contribution < -0.4 is 5.32 Å². The largest absolute Gasteiger partial charge is 0.331 e. The maximum atomic E-state index is 13.5. The van der Waals surface area contributed by atoms with Crippen molar-refractivity contribution in [3.8, 4) is 0 Å². The Morgan fingerprint density at radius 1 is 0.957 bits per heavy atom. The summed E-state index contributed by atoms with van der Waals surface area (Å²) in [5.74, 6) is 0.912. The molecule has 0 aromatic heterocycles. The molecule has 3 heteroatoms. The fourth-order valence-corrected chi connectivity index (χ4v) is 4.60. The molecule has 1 heterocycles. The van der Waals surface area contributed by atoms with E-state index in [2.05, 4.69) is 28.4 Å². The van der Waals surface area contributed by atoms with Gasteiger partial charge < -0.3 is 10.2 Å². The summed E-state index contributed by atoms with van der Waals surface area (Å²) in [7, 11) is 0. The van der Waals surface area contributed by atoms with Crippen LogP contribution in [0.3, 0.4) is 0 Å². The fourth-order valence-electron chi connectivity index (χ4n) is 4.60. The van der Waals surface area contributed by atoms with Crippen LogP contribution >= 0.6 is 0 Å². The minimum Gasteiger partial charge on any atom is -0.331 e. The highest BCUT2D eigenvalue weighted by molar-refractivity contribution is 5.96. The second-order valence-electron chi connectivity index (χ2n) is 7.51. The number of nitrogens with zero attached hydrogens (tertiary/aromatic N) is 1. The molecule has 3 aliphatic rings. The molecule has 1 aromatic rings. The molecule has 0 radical (unpaired) electrons. The van der Waals surface area contributed by atoms with Gasteiger partial charge in [-0.3, -0.25) is 4.79 Å². The van der Waals surface area contributed by atoms with E-state index in [9.17, 15) is 4.79 Å². The lowest BCUT2D eigenvalue weighted by Gasteiger charge is -2.36. The highest BCUT2D eigenvalue weighted by atomic mass is 16.2. The van der Waals surface area contributed by atoms with E-state index < -0.39 is 0 Å². The Balaban J connectivity index is 1.64. The fraction of sp³-hybridized carbons (Fsp3) is 0.650. The molecule has 1 N–H and O–H groups in total. The standard InChI is InChI=1S/C20H28N2O/c23-20(19-11-4-3-10-18(19)15-6-5-7-15)22(16-8-1-2-9-16)17-12-13-21-14-17/h3-4,10-11,15-17,21H,1-2,5-9,12-14H2/t17-/m0/s1. The lowest BCUT2D eigenvalue weighted by atomic mass is 9.78. The molecule has 2 saturated carbocycles. The number of carbonyl (C=O) groups is 1. The van der Waals surface area contributed by atoms with E-state index in [1.54, 1.807) is 0 Å². The molecule has 2 aliphatic carbocycles. The van der Waals surface area contributed by atoms with Gasteiger partial charge in [0.2, 0.25) is 0 Å². The zero-order chi connectivity index (χ0) is 15.6. The van der Waals surface area contributed by atoms with Crippen molar-refractivity contribution in [2.24, 2.45) is 0 Å². The number of amides is 1. The molecule has 1 saturated heterocycles. The first-order valence-electron chi connectivity index (χ1n) is 9.47. The summed E-state index contributed by atoms with van der Waals surface area (Å²) in [5, 5.41) is 3.45. The summed E-state index contributed by atoms with van der Waals surface area (Å²) < 4.78 is 0. The van der Waals surface area contributed by atoms with Gasteiger partial charge in [0.25, 0.3) is 5.91 Å². The van der Waals surface area contributed by atoms with Gasteiger partial charge in [-0.2, -0.15) is 0 Å². The number of rotatable bonds is 4. The quantitative estimate of drug-likeness (QED) is 0.919. The van der Waals surface area contributed by atoms with Gasteiger partial charge in [-0.1, -0.05) is 37.5 Å². The van der Waals surface area contributed by atoms with E-state index in [-0.39, 0.29) is 0 Å². The summed E-state index contributed by atoms with van der Waals surface area (Å²) in [5.41, 5.74) is 2.29. The molecule has 1 amide bonds. The third kappa shape index (κ3) is 2.91. The predicted octanol–water partition coefficient (Wildman–Crippen LogP) is 3.70. The Morgan fingerprint density at radius 3 is 2.39 bits per heavy atom. The maximum Gasteiger partial charge on any atom is 0.254 e. The Kier molecular flexibility index (Phi) is 4.39. The normalized spacial score (nSPS) is 25.5. The monoisotopic (exact) mass is 312 g/mol. The molecule has 4 rings (SSSR count). The van der Waals surface area contributed by atoms with Crippen molar-refractivity contribution in [2.45, 2.75) is 69.4 Å². The van der Waals surface area contributed by atoms with Crippen molar-refractivity contribution in [3.05, 3.63) is 35.4 Å². The van der Waals surface area contributed by atoms with Gasteiger partial charge in [0, 0.05) is 24.2 Å². The molecule has 1 aromatic carbocycles. The first-order chi connectivity index (χ1) is 11.3. The number of hydrogen-bond acceptors (Lipinski definition) is 2. The maximum absolute atomic E-state index is 13.5. The minimum atomic E-state index is 0.299. The molecule has 23 heavy (non-hydrogen) atoms. The zero-order valence-electron chi connectivity index (χ0n) is 14.0. The number of hydrogen-bond donors (Lipinski definition) is 1. The van der Waals surface area contributed by atoms with Crippen LogP contribution in [0.5, 0.6) is 0 Å². The second-order valence-corrected chi connectivity index (χ2v) is 7.51. The highest BCUT2D eigenvalue weighted by Crippen LogP contribution is 2.39. The van der Waals surface area contributed by atoms with Crippen LogP contribution in [-0.2, 0) is 0 Å². The Morgan fingerprint density at radius 2 is 1.74 bits per heavy atom. The molecule has 3 fully saturated rings. The average molecular weight is 312 g/mol. The Hall–Kier alpha value is -1.35. The third-order valence-electron chi connectivity index (χ3n) is 6.12. The average Bonchev–Trinajstić information content (AvgIpc) is 3.20. The van der Waals surface area contributed by atoms with E-state index in [0.29, 0.717) is 23.9 Å². The molecular weight excluding hydrogens is 284 g/mol. The van der Waals surface area contributed by atoms with Crippen molar-refractivity contribution in [3.63, 3.8) is 0 Å².